The Morgan fingerprint density at radius 1 is 1.14 bits per heavy atom. The quantitative estimate of drug-likeness (QED) is 0.844. The van der Waals surface area contributed by atoms with Gasteiger partial charge in [0.25, 0.3) is 0 Å². The maximum absolute atomic E-state index is 12.1. The van der Waals surface area contributed by atoms with E-state index in [9.17, 15) is 4.79 Å². The van der Waals surface area contributed by atoms with Crippen LogP contribution in [0.25, 0.3) is 0 Å². The Labute approximate surface area is 140 Å². The fraction of sp³-hybridized carbons (Fsp3) is 0.235. The number of amides is 1. The summed E-state index contributed by atoms with van der Waals surface area (Å²) in [4.78, 5) is 13.8. The first-order valence-electron chi connectivity index (χ1n) is 7.03. The third-order valence-electron chi connectivity index (χ3n) is 3.27. The zero-order valence-electron chi connectivity index (χ0n) is 12.4. The minimum atomic E-state index is 0.0847. The number of anilines is 1. The molecular weight excluding hydrogens is 319 g/mol. The SMILES string of the molecule is CN(Cc1ccccc1)C(=O)CCNc1ccc(Cl)cc1Cl. The van der Waals surface area contributed by atoms with E-state index in [1.165, 1.54) is 0 Å². The summed E-state index contributed by atoms with van der Waals surface area (Å²) in [5.41, 5.74) is 1.90. The summed E-state index contributed by atoms with van der Waals surface area (Å²) in [7, 11) is 1.81. The fourth-order valence-corrected chi connectivity index (χ4v) is 2.55. The van der Waals surface area contributed by atoms with Crippen LogP contribution in [0.4, 0.5) is 5.69 Å². The molecule has 0 unspecified atom stereocenters. The zero-order valence-corrected chi connectivity index (χ0v) is 13.9. The summed E-state index contributed by atoms with van der Waals surface area (Å²) in [5, 5.41) is 4.30. The number of hydrogen-bond donors (Lipinski definition) is 1. The lowest BCUT2D eigenvalue weighted by atomic mass is 10.2. The molecule has 2 aromatic rings. The van der Waals surface area contributed by atoms with Crippen molar-refractivity contribution in [3.63, 3.8) is 0 Å². The number of nitrogens with zero attached hydrogens (tertiary/aromatic N) is 1. The van der Waals surface area contributed by atoms with E-state index >= 15 is 0 Å². The Bertz CT molecular complexity index is 632. The molecule has 0 aliphatic heterocycles. The van der Waals surface area contributed by atoms with Crippen LogP contribution in [0.15, 0.2) is 48.5 Å². The van der Waals surface area contributed by atoms with Crippen LogP contribution in [0.2, 0.25) is 10.0 Å². The van der Waals surface area contributed by atoms with Gasteiger partial charge in [0, 0.05) is 31.6 Å². The molecule has 0 aliphatic rings. The molecule has 2 rings (SSSR count). The van der Waals surface area contributed by atoms with Crippen molar-refractivity contribution in [1.82, 2.24) is 4.90 Å². The van der Waals surface area contributed by atoms with Crippen molar-refractivity contribution >= 4 is 34.8 Å². The summed E-state index contributed by atoms with van der Waals surface area (Å²) in [6.45, 7) is 1.14. The van der Waals surface area contributed by atoms with Crippen molar-refractivity contribution in [2.45, 2.75) is 13.0 Å². The molecule has 0 atom stereocenters. The highest BCUT2D eigenvalue weighted by Crippen LogP contribution is 2.25. The highest BCUT2D eigenvalue weighted by atomic mass is 35.5. The number of rotatable bonds is 6. The monoisotopic (exact) mass is 336 g/mol. The first kappa shape index (κ1) is 16.7. The smallest absolute Gasteiger partial charge is 0.224 e. The predicted molar refractivity (Wildman–Crippen MR) is 92.5 cm³/mol. The van der Waals surface area contributed by atoms with Gasteiger partial charge in [-0.25, -0.2) is 0 Å². The predicted octanol–water partition coefficient (Wildman–Crippen LogP) is 4.45. The lowest BCUT2D eigenvalue weighted by molar-refractivity contribution is -0.130. The summed E-state index contributed by atoms with van der Waals surface area (Å²) >= 11 is 11.9. The van der Waals surface area contributed by atoms with Crippen LogP contribution in [0, 0.1) is 0 Å². The molecule has 0 heterocycles. The maximum Gasteiger partial charge on any atom is 0.224 e. The van der Waals surface area contributed by atoms with Crippen LogP contribution >= 0.6 is 23.2 Å². The van der Waals surface area contributed by atoms with Crippen LogP contribution < -0.4 is 5.32 Å². The number of carbonyl (C=O) groups is 1. The van der Waals surface area contributed by atoms with E-state index in [2.05, 4.69) is 5.32 Å². The number of nitrogens with one attached hydrogen (secondary N) is 1. The zero-order chi connectivity index (χ0) is 15.9. The van der Waals surface area contributed by atoms with E-state index in [0.29, 0.717) is 29.6 Å². The molecular formula is C17H18Cl2N2O. The molecule has 0 fully saturated rings. The third-order valence-corrected chi connectivity index (χ3v) is 3.82. The molecule has 0 radical (unpaired) electrons. The van der Waals surface area contributed by atoms with Crippen molar-refractivity contribution in [2.24, 2.45) is 0 Å². The first-order valence-corrected chi connectivity index (χ1v) is 7.78. The van der Waals surface area contributed by atoms with Gasteiger partial charge in [0.1, 0.15) is 0 Å². The summed E-state index contributed by atoms with van der Waals surface area (Å²) in [6.07, 6.45) is 0.405. The van der Waals surface area contributed by atoms with Gasteiger partial charge < -0.3 is 10.2 Å². The van der Waals surface area contributed by atoms with E-state index in [0.717, 1.165) is 11.3 Å². The lowest BCUT2D eigenvalue weighted by Crippen LogP contribution is -2.27. The van der Waals surface area contributed by atoms with Gasteiger partial charge in [0.15, 0.2) is 0 Å². The summed E-state index contributed by atoms with van der Waals surface area (Å²) < 4.78 is 0. The van der Waals surface area contributed by atoms with Gasteiger partial charge in [-0.15, -0.1) is 0 Å². The van der Waals surface area contributed by atoms with Crippen LogP contribution in [-0.4, -0.2) is 24.4 Å². The largest absolute Gasteiger partial charge is 0.383 e. The number of benzene rings is 2. The van der Waals surface area contributed by atoms with Gasteiger partial charge in [-0.1, -0.05) is 53.5 Å². The molecule has 2 aromatic carbocycles. The molecule has 0 bridgehead atoms. The van der Waals surface area contributed by atoms with Crippen LogP contribution in [0.3, 0.4) is 0 Å². The summed E-state index contributed by atoms with van der Waals surface area (Å²) in [6, 6.07) is 15.2. The van der Waals surface area contributed by atoms with E-state index < -0.39 is 0 Å². The Kier molecular flexibility index (Phi) is 6.10. The van der Waals surface area contributed by atoms with Gasteiger partial charge >= 0.3 is 0 Å². The Morgan fingerprint density at radius 2 is 1.86 bits per heavy atom. The van der Waals surface area contributed by atoms with Crippen molar-refractivity contribution in [3.8, 4) is 0 Å². The molecule has 1 N–H and O–H groups in total. The van der Waals surface area contributed by atoms with Gasteiger partial charge in [-0.2, -0.15) is 0 Å². The van der Waals surface area contributed by atoms with Crippen LogP contribution in [-0.2, 0) is 11.3 Å². The van der Waals surface area contributed by atoms with E-state index in [1.807, 2.05) is 43.4 Å². The van der Waals surface area contributed by atoms with Gasteiger partial charge in [-0.3, -0.25) is 4.79 Å². The van der Waals surface area contributed by atoms with E-state index in [1.54, 1.807) is 17.0 Å². The van der Waals surface area contributed by atoms with E-state index in [4.69, 9.17) is 23.2 Å². The fourth-order valence-electron chi connectivity index (χ4n) is 2.07. The highest BCUT2D eigenvalue weighted by molar-refractivity contribution is 6.36. The number of hydrogen-bond acceptors (Lipinski definition) is 2. The van der Waals surface area contributed by atoms with Crippen LogP contribution in [0.5, 0.6) is 0 Å². The molecule has 22 heavy (non-hydrogen) atoms. The molecule has 5 heteroatoms. The Morgan fingerprint density at radius 3 is 2.55 bits per heavy atom. The maximum atomic E-state index is 12.1. The van der Waals surface area contributed by atoms with Gasteiger partial charge in [0.05, 0.1) is 10.7 Å². The van der Waals surface area contributed by atoms with Crippen LogP contribution in [0.1, 0.15) is 12.0 Å². The Hall–Kier alpha value is -1.71. The topological polar surface area (TPSA) is 32.3 Å². The minimum absolute atomic E-state index is 0.0847. The number of carbonyl (C=O) groups excluding carboxylic acids is 1. The molecule has 0 aromatic heterocycles. The highest BCUT2D eigenvalue weighted by Gasteiger charge is 2.09. The molecule has 3 nitrogen and oxygen atoms in total. The second-order valence-corrected chi connectivity index (χ2v) is 5.88. The first-order chi connectivity index (χ1) is 10.6. The Balaban J connectivity index is 1.80. The molecule has 116 valence electrons. The second kappa shape index (κ2) is 8.06. The molecule has 0 saturated heterocycles. The van der Waals surface area contributed by atoms with Gasteiger partial charge in [-0.05, 0) is 23.8 Å². The van der Waals surface area contributed by atoms with Crippen molar-refractivity contribution in [1.29, 1.82) is 0 Å². The average molecular weight is 337 g/mol. The van der Waals surface area contributed by atoms with Crippen molar-refractivity contribution in [2.75, 3.05) is 18.9 Å². The second-order valence-electron chi connectivity index (χ2n) is 5.04. The van der Waals surface area contributed by atoms with E-state index in [-0.39, 0.29) is 5.91 Å². The minimum Gasteiger partial charge on any atom is -0.383 e. The lowest BCUT2D eigenvalue weighted by Gasteiger charge is -2.17. The average Bonchev–Trinajstić information content (AvgIpc) is 2.50. The molecule has 0 aliphatic carbocycles. The van der Waals surface area contributed by atoms with Crippen molar-refractivity contribution < 1.29 is 4.79 Å². The van der Waals surface area contributed by atoms with Crippen molar-refractivity contribution in [3.05, 3.63) is 64.1 Å². The third kappa shape index (κ3) is 4.93. The number of halogens is 2. The standard InChI is InChI=1S/C17H18Cl2N2O/c1-21(12-13-5-3-2-4-6-13)17(22)9-10-20-16-8-7-14(18)11-15(16)19/h2-8,11,20H,9-10,12H2,1H3. The molecule has 0 spiro atoms. The molecule has 1 amide bonds. The van der Waals surface area contributed by atoms with Gasteiger partial charge in [0.2, 0.25) is 5.91 Å². The summed E-state index contributed by atoms with van der Waals surface area (Å²) in [5.74, 6) is 0.0847. The molecule has 0 saturated carbocycles. The normalized spacial score (nSPS) is 10.3.